The molecule has 4 aromatic rings. The van der Waals surface area contributed by atoms with Crippen molar-refractivity contribution in [2.24, 2.45) is 0 Å². The van der Waals surface area contributed by atoms with Crippen LogP contribution >= 0.6 is 0 Å². The standard InChI is InChI=1S/C33H41N9O5/c1-32(2,3)46-30(43)42(31(44)47-33(4,5)6)27-18-34-17-25(37-27)26-19-41-12-11-35-29(41)28(38-26)36-22-7-9-23(10-8-22)39-13-15-40(16-14-39)24-20-45-21-24/h7-12,17-19,24H,13-16,20-21H2,1-6H3,(H,36,38). The van der Waals surface area contributed by atoms with Gasteiger partial charge in [-0.2, -0.15) is 4.90 Å². The van der Waals surface area contributed by atoms with Crippen molar-refractivity contribution in [2.45, 2.75) is 58.8 Å². The first-order valence-corrected chi connectivity index (χ1v) is 15.7. The highest BCUT2D eigenvalue weighted by Crippen LogP contribution is 2.28. The maximum Gasteiger partial charge on any atom is 0.425 e. The Morgan fingerprint density at radius 1 is 0.894 bits per heavy atom. The van der Waals surface area contributed by atoms with Crippen molar-refractivity contribution in [3.8, 4) is 11.4 Å². The summed E-state index contributed by atoms with van der Waals surface area (Å²) >= 11 is 0. The number of imidazole rings is 1. The zero-order valence-corrected chi connectivity index (χ0v) is 27.6. The number of imide groups is 1. The molecule has 2 saturated heterocycles. The van der Waals surface area contributed by atoms with Gasteiger partial charge in [0.2, 0.25) is 0 Å². The van der Waals surface area contributed by atoms with E-state index in [2.05, 4.69) is 42.2 Å². The summed E-state index contributed by atoms with van der Waals surface area (Å²) in [5, 5.41) is 3.39. The zero-order chi connectivity index (χ0) is 33.3. The molecule has 2 fully saturated rings. The average Bonchev–Trinajstić information content (AvgIpc) is 3.45. The minimum absolute atomic E-state index is 0.0644. The second-order valence-corrected chi connectivity index (χ2v) is 13.6. The summed E-state index contributed by atoms with van der Waals surface area (Å²) in [5.41, 5.74) is 1.65. The molecule has 47 heavy (non-hydrogen) atoms. The van der Waals surface area contributed by atoms with Gasteiger partial charge in [0, 0.05) is 56.1 Å². The van der Waals surface area contributed by atoms with Crippen LogP contribution in [0.2, 0.25) is 0 Å². The highest BCUT2D eigenvalue weighted by atomic mass is 16.6. The molecular formula is C33H41N9O5. The first-order chi connectivity index (χ1) is 22.3. The molecule has 0 saturated carbocycles. The van der Waals surface area contributed by atoms with Crippen molar-refractivity contribution >= 4 is 40.8 Å². The molecule has 3 aromatic heterocycles. The second-order valence-electron chi connectivity index (χ2n) is 13.6. The van der Waals surface area contributed by atoms with E-state index in [1.165, 1.54) is 18.1 Å². The Bertz CT molecular complexity index is 1710. The van der Waals surface area contributed by atoms with E-state index < -0.39 is 23.4 Å². The lowest BCUT2D eigenvalue weighted by Crippen LogP contribution is -2.56. The van der Waals surface area contributed by atoms with Crippen LogP contribution in [0.5, 0.6) is 0 Å². The van der Waals surface area contributed by atoms with E-state index in [-0.39, 0.29) is 5.82 Å². The number of anilines is 4. The number of ether oxygens (including phenoxy) is 3. The number of aromatic nitrogens is 5. The Kier molecular flexibility index (Phi) is 8.72. The molecule has 2 aliphatic heterocycles. The van der Waals surface area contributed by atoms with E-state index in [0.29, 0.717) is 28.9 Å². The lowest BCUT2D eigenvalue weighted by Gasteiger charge is -2.43. The van der Waals surface area contributed by atoms with E-state index in [4.69, 9.17) is 19.2 Å². The van der Waals surface area contributed by atoms with Crippen LogP contribution < -0.4 is 15.1 Å². The lowest BCUT2D eigenvalue weighted by molar-refractivity contribution is -0.0660. The molecule has 1 N–H and O–H groups in total. The molecule has 248 valence electrons. The lowest BCUT2D eigenvalue weighted by atomic mass is 10.1. The third-order valence-corrected chi connectivity index (χ3v) is 7.59. The Balaban J connectivity index is 1.24. The zero-order valence-electron chi connectivity index (χ0n) is 27.6. The molecule has 0 atom stereocenters. The van der Waals surface area contributed by atoms with Crippen LogP contribution in [0.3, 0.4) is 0 Å². The van der Waals surface area contributed by atoms with E-state index in [1.807, 2.05) is 16.5 Å². The molecule has 0 bridgehead atoms. The number of hydrogen-bond acceptors (Lipinski definition) is 12. The fraction of sp³-hybridized carbons (Fsp3) is 0.455. The maximum atomic E-state index is 13.2. The van der Waals surface area contributed by atoms with Gasteiger partial charge in [-0.1, -0.05) is 0 Å². The fourth-order valence-corrected chi connectivity index (χ4v) is 5.27. The Labute approximate surface area is 273 Å². The minimum Gasteiger partial charge on any atom is -0.443 e. The van der Waals surface area contributed by atoms with E-state index in [0.717, 1.165) is 50.0 Å². The topological polar surface area (TPSA) is 140 Å². The number of piperazine rings is 1. The number of carbonyl (C=O) groups excluding carboxylic acids is 2. The molecule has 0 spiro atoms. The summed E-state index contributed by atoms with van der Waals surface area (Å²) in [6.45, 7) is 15.9. The van der Waals surface area contributed by atoms with Gasteiger partial charge in [-0.3, -0.25) is 9.88 Å². The summed E-state index contributed by atoms with van der Waals surface area (Å²) < 4.78 is 18.2. The molecule has 0 radical (unpaired) electrons. The van der Waals surface area contributed by atoms with Crippen molar-refractivity contribution in [2.75, 3.05) is 54.5 Å². The molecule has 14 heteroatoms. The monoisotopic (exact) mass is 643 g/mol. The summed E-state index contributed by atoms with van der Waals surface area (Å²) in [4.78, 5) is 50.2. The summed E-state index contributed by atoms with van der Waals surface area (Å²) in [7, 11) is 0. The summed E-state index contributed by atoms with van der Waals surface area (Å²) in [6, 6.07) is 8.82. The van der Waals surface area contributed by atoms with Gasteiger partial charge in [0.15, 0.2) is 17.3 Å². The first-order valence-electron chi connectivity index (χ1n) is 15.7. The van der Waals surface area contributed by atoms with Crippen molar-refractivity contribution in [1.82, 2.24) is 29.2 Å². The van der Waals surface area contributed by atoms with Gasteiger partial charge in [-0.05, 0) is 65.8 Å². The number of benzene rings is 1. The van der Waals surface area contributed by atoms with Crippen LogP contribution in [-0.4, -0.2) is 98.1 Å². The molecule has 2 amide bonds. The van der Waals surface area contributed by atoms with Crippen molar-refractivity contribution < 1.29 is 23.8 Å². The number of carbonyl (C=O) groups is 2. The number of nitrogens with one attached hydrogen (secondary N) is 1. The van der Waals surface area contributed by atoms with Crippen molar-refractivity contribution in [3.63, 3.8) is 0 Å². The summed E-state index contributed by atoms with van der Waals surface area (Å²) in [6.07, 6.45) is 6.18. The third-order valence-electron chi connectivity index (χ3n) is 7.59. The van der Waals surface area contributed by atoms with Crippen LogP contribution in [0.25, 0.3) is 17.0 Å². The highest BCUT2D eigenvalue weighted by Gasteiger charge is 2.34. The molecule has 0 unspecified atom stereocenters. The highest BCUT2D eigenvalue weighted by molar-refractivity contribution is 6.08. The second kappa shape index (κ2) is 12.8. The molecule has 6 rings (SSSR count). The average molecular weight is 644 g/mol. The van der Waals surface area contributed by atoms with E-state index in [9.17, 15) is 9.59 Å². The quantitative estimate of drug-likeness (QED) is 0.298. The van der Waals surface area contributed by atoms with Crippen LogP contribution in [-0.2, 0) is 14.2 Å². The van der Waals surface area contributed by atoms with Crippen LogP contribution in [0, 0.1) is 0 Å². The van der Waals surface area contributed by atoms with Gasteiger partial charge in [0.25, 0.3) is 0 Å². The molecule has 0 aliphatic carbocycles. The smallest absolute Gasteiger partial charge is 0.425 e. The van der Waals surface area contributed by atoms with Crippen LogP contribution in [0.15, 0.2) is 55.2 Å². The maximum absolute atomic E-state index is 13.2. The van der Waals surface area contributed by atoms with Crippen molar-refractivity contribution in [1.29, 1.82) is 0 Å². The van der Waals surface area contributed by atoms with Gasteiger partial charge in [0.1, 0.15) is 22.6 Å². The minimum atomic E-state index is -0.933. The summed E-state index contributed by atoms with van der Waals surface area (Å²) in [5.74, 6) is 0.436. The number of hydrogen-bond donors (Lipinski definition) is 1. The van der Waals surface area contributed by atoms with Crippen molar-refractivity contribution in [3.05, 3.63) is 55.2 Å². The SMILES string of the molecule is CC(C)(C)OC(=O)N(C(=O)OC(C)(C)C)c1cncc(-c2cn3ccnc3c(Nc3ccc(N4CCN(C5COC5)CC4)cc3)n2)n1. The third kappa shape index (κ3) is 7.60. The first kappa shape index (κ1) is 32.1. The number of amides is 2. The Morgan fingerprint density at radius 3 is 2.15 bits per heavy atom. The largest absolute Gasteiger partial charge is 0.443 e. The molecule has 14 nitrogen and oxygen atoms in total. The predicted molar refractivity (Wildman–Crippen MR) is 177 cm³/mol. The van der Waals surface area contributed by atoms with E-state index >= 15 is 0 Å². The van der Waals surface area contributed by atoms with Crippen LogP contribution in [0.1, 0.15) is 41.5 Å². The van der Waals surface area contributed by atoms with Gasteiger partial charge >= 0.3 is 12.2 Å². The normalized spacial score (nSPS) is 16.1. The Morgan fingerprint density at radius 2 is 1.55 bits per heavy atom. The van der Waals surface area contributed by atoms with Crippen LogP contribution in [0.4, 0.5) is 32.6 Å². The van der Waals surface area contributed by atoms with E-state index in [1.54, 1.807) is 60.1 Å². The van der Waals surface area contributed by atoms with Gasteiger partial charge in [-0.25, -0.2) is 24.5 Å². The number of rotatable bonds is 6. The van der Waals surface area contributed by atoms with Gasteiger partial charge < -0.3 is 28.8 Å². The molecule has 5 heterocycles. The predicted octanol–water partition coefficient (Wildman–Crippen LogP) is 5.13. The Hall–Kier alpha value is -4.82. The van der Waals surface area contributed by atoms with Gasteiger partial charge in [-0.15, -0.1) is 0 Å². The number of fused-ring (bicyclic) bond motifs is 1. The molecule has 2 aliphatic rings. The van der Waals surface area contributed by atoms with Gasteiger partial charge in [0.05, 0.1) is 31.6 Å². The fourth-order valence-electron chi connectivity index (χ4n) is 5.27. The molecule has 1 aromatic carbocycles. The molecular weight excluding hydrogens is 602 g/mol. The number of nitrogens with zero attached hydrogens (tertiary/aromatic N) is 8.